The van der Waals surface area contributed by atoms with Crippen LogP contribution in [0.1, 0.15) is 46.0 Å². The van der Waals surface area contributed by atoms with E-state index in [1.165, 1.54) is 18.2 Å². The summed E-state index contributed by atoms with van der Waals surface area (Å²) in [7, 11) is 0. The van der Waals surface area contributed by atoms with E-state index in [2.05, 4.69) is 18.8 Å². The van der Waals surface area contributed by atoms with Gasteiger partial charge in [0.25, 0.3) is 5.70 Å². The summed E-state index contributed by atoms with van der Waals surface area (Å²) in [5.74, 6) is 0. The highest BCUT2D eigenvalue weighted by Crippen LogP contribution is 2.31. The number of carbonyl (C=O) groups is 1. The largest absolute Gasteiger partial charge is 0.367 e. The Hall–Kier alpha value is -3.35. The number of hydrogen-bond acceptors (Lipinski definition) is 5. The zero-order valence-corrected chi connectivity index (χ0v) is 17.9. The van der Waals surface area contributed by atoms with Crippen LogP contribution in [0.3, 0.4) is 0 Å². The Labute approximate surface area is 182 Å². The van der Waals surface area contributed by atoms with Crippen LogP contribution in [0.25, 0.3) is 0 Å². The second kappa shape index (κ2) is 11.2. The first-order valence-electron chi connectivity index (χ1n) is 10.1. The van der Waals surface area contributed by atoms with Crippen molar-refractivity contribution >= 4 is 6.29 Å². The van der Waals surface area contributed by atoms with Crippen LogP contribution in [0.5, 0.6) is 0 Å². The number of allylic oxidation sites excluding steroid dienone is 3. The van der Waals surface area contributed by atoms with E-state index in [-0.39, 0.29) is 5.70 Å². The molecule has 0 amide bonds. The molecule has 0 saturated carbocycles. The number of carbonyl (C=O) groups excluding carboxylic acids is 1. The highest BCUT2D eigenvalue weighted by atomic mass is 16.6. The summed E-state index contributed by atoms with van der Waals surface area (Å²) in [5, 5.41) is 25.8. The van der Waals surface area contributed by atoms with E-state index in [9.17, 15) is 20.0 Å². The summed E-state index contributed by atoms with van der Waals surface area (Å²) in [6.45, 7) is 7.67. The highest BCUT2D eigenvalue weighted by molar-refractivity contribution is 5.80. The zero-order chi connectivity index (χ0) is 22.9. The van der Waals surface area contributed by atoms with Crippen LogP contribution >= 0.6 is 0 Å². The molecular formula is C25H28N2O4. The van der Waals surface area contributed by atoms with Crippen LogP contribution < -0.4 is 5.32 Å². The summed E-state index contributed by atoms with van der Waals surface area (Å²) in [5.41, 5.74) is 1.75. The molecule has 0 aliphatic rings. The molecule has 0 bridgehead atoms. The normalized spacial score (nSPS) is 13.7. The van der Waals surface area contributed by atoms with E-state index in [1.54, 1.807) is 18.2 Å². The Kier molecular flexibility index (Phi) is 8.61. The summed E-state index contributed by atoms with van der Waals surface area (Å²) >= 11 is 0. The lowest BCUT2D eigenvalue weighted by Gasteiger charge is -2.32. The fraction of sp³-hybridized carbons (Fsp3) is 0.240. The number of aldehydes is 1. The minimum atomic E-state index is -1.59. The van der Waals surface area contributed by atoms with Gasteiger partial charge in [0.15, 0.2) is 12.0 Å². The van der Waals surface area contributed by atoms with Crippen molar-refractivity contribution in [2.75, 3.05) is 6.54 Å². The third kappa shape index (κ3) is 5.84. The molecule has 0 aliphatic heterocycles. The van der Waals surface area contributed by atoms with Crippen molar-refractivity contribution < 1.29 is 14.8 Å². The smallest absolute Gasteiger partial charge is 0.269 e. The average molecular weight is 421 g/mol. The Bertz CT molecular complexity index is 993. The molecule has 6 nitrogen and oxygen atoms in total. The number of aliphatic hydroxyl groups is 1. The molecule has 0 radical (unpaired) electrons. The van der Waals surface area contributed by atoms with Crippen LogP contribution in [-0.2, 0) is 12.1 Å². The number of nitro groups is 1. The van der Waals surface area contributed by atoms with E-state index < -0.39 is 10.6 Å². The van der Waals surface area contributed by atoms with Crippen molar-refractivity contribution in [1.29, 1.82) is 0 Å². The average Bonchev–Trinajstić information content (AvgIpc) is 2.77. The zero-order valence-electron chi connectivity index (χ0n) is 17.9. The molecule has 2 aromatic rings. The molecule has 31 heavy (non-hydrogen) atoms. The van der Waals surface area contributed by atoms with Crippen molar-refractivity contribution in [3.63, 3.8) is 0 Å². The van der Waals surface area contributed by atoms with Gasteiger partial charge < -0.3 is 5.11 Å². The lowest BCUT2D eigenvalue weighted by Crippen LogP contribution is -2.44. The molecule has 6 heteroatoms. The van der Waals surface area contributed by atoms with Gasteiger partial charge in [0.1, 0.15) is 0 Å². The lowest BCUT2D eigenvalue weighted by molar-refractivity contribution is -0.419. The van der Waals surface area contributed by atoms with Crippen LogP contribution in [0.2, 0.25) is 0 Å². The Morgan fingerprint density at radius 1 is 1.26 bits per heavy atom. The third-order valence-electron chi connectivity index (χ3n) is 5.09. The van der Waals surface area contributed by atoms with E-state index in [0.29, 0.717) is 29.7 Å². The monoisotopic (exact) mass is 420 g/mol. The van der Waals surface area contributed by atoms with E-state index in [4.69, 9.17) is 0 Å². The molecule has 2 aromatic carbocycles. The van der Waals surface area contributed by atoms with Gasteiger partial charge in [-0.3, -0.25) is 20.2 Å². The maximum atomic E-state index is 11.8. The number of hydrogen-bond donors (Lipinski definition) is 2. The van der Waals surface area contributed by atoms with Crippen LogP contribution in [0.4, 0.5) is 0 Å². The minimum Gasteiger partial charge on any atom is -0.367 e. The van der Waals surface area contributed by atoms with Gasteiger partial charge in [-0.25, -0.2) is 0 Å². The molecular weight excluding hydrogens is 392 g/mol. The molecule has 0 aliphatic carbocycles. The van der Waals surface area contributed by atoms with Gasteiger partial charge in [-0.15, -0.1) is 0 Å². The minimum absolute atomic E-state index is 0.0673. The predicted molar refractivity (Wildman–Crippen MR) is 122 cm³/mol. The van der Waals surface area contributed by atoms with Crippen molar-refractivity contribution in [2.45, 2.75) is 32.4 Å². The number of benzene rings is 2. The number of nitrogens with zero attached hydrogens (tertiary/aromatic N) is 1. The number of aryl methyl sites for hydroxylation is 2. The van der Waals surface area contributed by atoms with Crippen LogP contribution in [0.15, 0.2) is 79.0 Å². The van der Waals surface area contributed by atoms with Gasteiger partial charge in [0.2, 0.25) is 0 Å². The molecule has 0 saturated heterocycles. The first-order valence-corrected chi connectivity index (χ1v) is 10.1. The topological polar surface area (TPSA) is 92.5 Å². The van der Waals surface area contributed by atoms with Crippen molar-refractivity contribution in [3.05, 3.63) is 117 Å². The molecule has 1 unspecified atom stereocenters. The summed E-state index contributed by atoms with van der Waals surface area (Å²) in [6.07, 6.45) is 7.79. The summed E-state index contributed by atoms with van der Waals surface area (Å²) in [4.78, 5) is 22.3. The van der Waals surface area contributed by atoms with Crippen molar-refractivity contribution in [2.24, 2.45) is 0 Å². The van der Waals surface area contributed by atoms with E-state index in [0.717, 1.165) is 23.8 Å². The van der Waals surface area contributed by atoms with Crippen LogP contribution in [-0.4, -0.2) is 22.9 Å². The van der Waals surface area contributed by atoms with Gasteiger partial charge in [-0.1, -0.05) is 68.1 Å². The predicted octanol–water partition coefficient (Wildman–Crippen LogP) is 4.45. The van der Waals surface area contributed by atoms with Gasteiger partial charge >= 0.3 is 0 Å². The second-order valence-electron chi connectivity index (χ2n) is 7.12. The summed E-state index contributed by atoms with van der Waals surface area (Å²) in [6, 6.07) is 12.9. The van der Waals surface area contributed by atoms with Gasteiger partial charge in [0.05, 0.1) is 4.92 Å². The lowest BCUT2D eigenvalue weighted by atomic mass is 9.88. The second-order valence-corrected chi connectivity index (χ2v) is 7.12. The Morgan fingerprint density at radius 3 is 2.55 bits per heavy atom. The summed E-state index contributed by atoms with van der Waals surface area (Å²) < 4.78 is 0. The molecule has 0 heterocycles. The molecule has 2 N–H and O–H groups in total. The SMILES string of the molecule is C=C/C=C(\C=C/CCNC(O)(c1ccc(CC)cc1)c1cccc(C)c1C=O)[N+](=O)[O-]. The maximum absolute atomic E-state index is 11.8. The van der Waals surface area contributed by atoms with Crippen molar-refractivity contribution in [3.8, 4) is 0 Å². The number of nitrogens with one attached hydrogen (secondary N) is 1. The van der Waals surface area contributed by atoms with Gasteiger partial charge in [0, 0.05) is 35.4 Å². The van der Waals surface area contributed by atoms with Crippen LogP contribution in [0, 0.1) is 17.0 Å². The Balaban J connectivity index is 2.34. The van der Waals surface area contributed by atoms with Gasteiger partial charge in [-0.2, -0.15) is 0 Å². The fourth-order valence-corrected chi connectivity index (χ4v) is 3.33. The molecule has 162 valence electrons. The van der Waals surface area contributed by atoms with Gasteiger partial charge in [-0.05, 0) is 30.9 Å². The molecule has 0 aromatic heterocycles. The standard InChI is InChI=1S/C25H28N2O4/c1-4-9-22(27(30)31)11-6-7-17-26-25(29,21-15-13-20(5-2)14-16-21)24-12-8-10-19(3)23(24)18-28/h4,6,8-16,18,26,29H,1,5,7,17H2,2-3H3/b11-6-,22-9+. The molecule has 2 rings (SSSR count). The quantitative estimate of drug-likeness (QED) is 0.140. The number of rotatable bonds is 11. The molecule has 0 fully saturated rings. The fourth-order valence-electron chi connectivity index (χ4n) is 3.33. The molecule has 0 spiro atoms. The van der Waals surface area contributed by atoms with E-state index in [1.807, 2.05) is 37.3 Å². The molecule has 1 atom stereocenters. The Morgan fingerprint density at radius 2 is 1.97 bits per heavy atom. The van der Waals surface area contributed by atoms with Crippen molar-refractivity contribution in [1.82, 2.24) is 5.32 Å². The van der Waals surface area contributed by atoms with E-state index >= 15 is 0 Å². The maximum Gasteiger partial charge on any atom is 0.269 e. The first kappa shape index (κ1) is 23.9. The first-order chi connectivity index (χ1) is 14.9. The third-order valence-corrected chi connectivity index (χ3v) is 5.09. The highest BCUT2D eigenvalue weighted by Gasteiger charge is 2.33.